The number of benzene rings is 2. The standard InChI is InChI=1S/C19H17ClN2O4/c20-15-4-2-1-3-14(15)19(24)21-12-9-18(23)22(11-12)13-5-6-16-17(10-13)26-8-7-25-16/h1-6,10,12H,7-9,11H2,(H,21,24)/t12-/m1/s1. The molecule has 1 saturated heterocycles. The van der Waals surface area contributed by atoms with Gasteiger partial charge in [-0.25, -0.2) is 0 Å². The highest BCUT2D eigenvalue weighted by Crippen LogP contribution is 2.35. The predicted molar refractivity (Wildman–Crippen MR) is 97.1 cm³/mol. The van der Waals surface area contributed by atoms with Crippen molar-refractivity contribution in [3.63, 3.8) is 0 Å². The normalized spacial score (nSPS) is 18.7. The van der Waals surface area contributed by atoms with Gasteiger partial charge in [-0.1, -0.05) is 23.7 Å². The molecule has 4 rings (SSSR count). The first kappa shape index (κ1) is 16.7. The van der Waals surface area contributed by atoms with Gasteiger partial charge in [0, 0.05) is 24.7 Å². The van der Waals surface area contributed by atoms with E-state index in [1.807, 2.05) is 6.07 Å². The minimum absolute atomic E-state index is 0.0499. The number of amides is 2. The lowest BCUT2D eigenvalue weighted by Crippen LogP contribution is -2.37. The maximum absolute atomic E-state index is 12.4. The van der Waals surface area contributed by atoms with E-state index in [9.17, 15) is 9.59 Å². The van der Waals surface area contributed by atoms with Crippen molar-refractivity contribution in [2.24, 2.45) is 0 Å². The minimum atomic E-state index is -0.280. The summed E-state index contributed by atoms with van der Waals surface area (Å²) in [7, 11) is 0. The second-order valence-corrected chi connectivity index (χ2v) is 6.59. The molecule has 0 unspecified atom stereocenters. The molecule has 1 atom stereocenters. The van der Waals surface area contributed by atoms with Crippen LogP contribution in [-0.4, -0.2) is 37.6 Å². The quantitative estimate of drug-likeness (QED) is 0.899. The second kappa shape index (κ2) is 6.88. The highest BCUT2D eigenvalue weighted by molar-refractivity contribution is 6.33. The van der Waals surface area contributed by atoms with Gasteiger partial charge in [-0.2, -0.15) is 0 Å². The summed E-state index contributed by atoms with van der Waals surface area (Å²) in [6.45, 7) is 1.40. The number of rotatable bonds is 3. The Bertz CT molecular complexity index is 870. The van der Waals surface area contributed by atoms with Crippen LogP contribution in [0.1, 0.15) is 16.8 Å². The number of carbonyl (C=O) groups excluding carboxylic acids is 2. The van der Waals surface area contributed by atoms with Gasteiger partial charge in [-0.05, 0) is 24.3 Å². The topological polar surface area (TPSA) is 67.9 Å². The number of carbonyl (C=O) groups is 2. The number of anilines is 1. The second-order valence-electron chi connectivity index (χ2n) is 6.19. The molecule has 0 radical (unpaired) electrons. The summed E-state index contributed by atoms with van der Waals surface area (Å²) in [5.41, 5.74) is 1.13. The molecule has 2 amide bonds. The Balaban J connectivity index is 1.47. The summed E-state index contributed by atoms with van der Waals surface area (Å²) in [6, 6.07) is 12.0. The number of hydrogen-bond acceptors (Lipinski definition) is 4. The summed E-state index contributed by atoms with van der Waals surface area (Å²) in [5, 5.41) is 3.27. The molecule has 2 aliphatic rings. The van der Waals surface area contributed by atoms with Crippen LogP contribution in [0.25, 0.3) is 0 Å². The van der Waals surface area contributed by atoms with Crippen LogP contribution in [-0.2, 0) is 4.79 Å². The molecular weight excluding hydrogens is 356 g/mol. The molecule has 2 aromatic rings. The Morgan fingerprint density at radius 2 is 1.88 bits per heavy atom. The fourth-order valence-electron chi connectivity index (χ4n) is 3.16. The van der Waals surface area contributed by atoms with E-state index in [0.29, 0.717) is 41.8 Å². The van der Waals surface area contributed by atoms with E-state index in [2.05, 4.69) is 5.32 Å². The average Bonchev–Trinajstić information content (AvgIpc) is 3.01. The van der Waals surface area contributed by atoms with Gasteiger partial charge in [0.25, 0.3) is 5.91 Å². The van der Waals surface area contributed by atoms with Gasteiger partial charge in [0.15, 0.2) is 11.5 Å². The molecule has 0 aromatic heterocycles. The third-order valence-corrected chi connectivity index (χ3v) is 4.75. The summed E-state index contributed by atoms with van der Waals surface area (Å²) in [4.78, 5) is 26.5. The molecule has 1 N–H and O–H groups in total. The lowest BCUT2D eigenvalue weighted by Gasteiger charge is -2.22. The third-order valence-electron chi connectivity index (χ3n) is 4.42. The van der Waals surface area contributed by atoms with Gasteiger partial charge >= 0.3 is 0 Å². The first-order valence-electron chi connectivity index (χ1n) is 8.37. The van der Waals surface area contributed by atoms with Gasteiger partial charge in [0.1, 0.15) is 13.2 Å². The van der Waals surface area contributed by atoms with Crippen molar-refractivity contribution >= 4 is 29.1 Å². The van der Waals surface area contributed by atoms with Crippen LogP contribution in [0.4, 0.5) is 5.69 Å². The van der Waals surface area contributed by atoms with Crippen molar-refractivity contribution in [1.82, 2.24) is 5.32 Å². The summed E-state index contributed by atoms with van der Waals surface area (Å²) < 4.78 is 11.1. The maximum atomic E-state index is 12.4. The predicted octanol–water partition coefficient (Wildman–Crippen LogP) is 2.65. The van der Waals surface area contributed by atoms with Crippen molar-refractivity contribution in [2.45, 2.75) is 12.5 Å². The molecule has 1 fully saturated rings. The van der Waals surface area contributed by atoms with Crippen molar-refractivity contribution in [1.29, 1.82) is 0 Å². The molecular formula is C19H17ClN2O4. The number of nitrogens with one attached hydrogen (secondary N) is 1. The molecule has 26 heavy (non-hydrogen) atoms. The summed E-state index contributed by atoms with van der Waals surface area (Å²) >= 11 is 6.06. The van der Waals surface area contributed by atoms with Crippen molar-refractivity contribution in [3.05, 3.63) is 53.1 Å². The van der Waals surface area contributed by atoms with Crippen LogP contribution in [0.5, 0.6) is 11.5 Å². The van der Waals surface area contributed by atoms with Crippen molar-refractivity contribution < 1.29 is 19.1 Å². The third kappa shape index (κ3) is 3.20. The Hall–Kier alpha value is -2.73. The van der Waals surface area contributed by atoms with Crippen LogP contribution in [0.15, 0.2) is 42.5 Å². The fraction of sp³-hybridized carbons (Fsp3) is 0.263. The molecule has 2 aliphatic heterocycles. The fourth-order valence-corrected chi connectivity index (χ4v) is 3.38. The zero-order valence-electron chi connectivity index (χ0n) is 13.9. The Labute approximate surface area is 155 Å². The van der Waals surface area contributed by atoms with Gasteiger partial charge in [-0.15, -0.1) is 0 Å². The average molecular weight is 373 g/mol. The number of fused-ring (bicyclic) bond motifs is 1. The number of hydrogen-bond donors (Lipinski definition) is 1. The minimum Gasteiger partial charge on any atom is -0.486 e. The molecule has 0 spiro atoms. The molecule has 0 bridgehead atoms. The van der Waals surface area contributed by atoms with E-state index >= 15 is 0 Å². The van der Waals surface area contributed by atoms with Crippen LogP contribution < -0.4 is 19.7 Å². The molecule has 0 saturated carbocycles. The molecule has 2 heterocycles. The first-order valence-corrected chi connectivity index (χ1v) is 8.75. The monoisotopic (exact) mass is 372 g/mol. The largest absolute Gasteiger partial charge is 0.486 e. The van der Waals surface area contributed by atoms with E-state index in [1.165, 1.54) is 0 Å². The van der Waals surface area contributed by atoms with Gasteiger partial charge in [-0.3, -0.25) is 9.59 Å². The zero-order valence-corrected chi connectivity index (χ0v) is 14.7. The van der Waals surface area contributed by atoms with Gasteiger partial charge in [0.05, 0.1) is 16.6 Å². The van der Waals surface area contributed by atoms with E-state index in [4.69, 9.17) is 21.1 Å². The number of halogens is 1. The maximum Gasteiger partial charge on any atom is 0.253 e. The number of nitrogens with zero attached hydrogens (tertiary/aromatic N) is 1. The summed E-state index contributed by atoms with van der Waals surface area (Å²) in [6.07, 6.45) is 0.241. The van der Waals surface area contributed by atoms with Crippen LogP contribution in [0.3, 0.4) is 0 Å². The van der Waals surface area contributed by atoms with E-state index < -0.39 is 0 Å². The molecule has 134 valence electrons. The molecule has 6 nitrogen and oxygen atoms in total. The van der Waals surface area contributed by atoms with Crippen LogP contribution in [0, 0.1) is 0 Å². The number of ether oxygens (including phenoxy) is 2. The van der Waals surface area contributed by atoms with E-state index in [1.54, 1.807) is 41.3 Å². The lowest BCUT2D eigenvalue weighted by molar-refractivity contribution is -0.117. The Morgan fingerprint density at radius 3 is 2.69 bits per heavy atom. The van der Waals surface area contributed by atoms with Gasteiger partial charge in [0.2, 0.25) is 5.91 Å². The van der Waals surface area contributed by atoms with E-state index in [-0.39, 0.29) is 24.3 Å². The Kier molecular flexibility index (Phi) is 4.42. The first-order chi connectivity index (χ1) is 12.6. The van der Waals surface area contributed by atoms with Crippen molar-refractivity contribution in [2.75, 3.05) is 24.7 Å². The molecule has 7 heteroatoms. The van der Waals surface area contributed by atoms with Crippen LogP contribution >= 0.6 is 11.6 Å². The highest BCUT2D eigenvalue weighted by atomic mass is 35.5. The van der Waals surface area contributed by atoms with E-state index in [0.717, 1.165) is 5.69 Å². The van der Waals surface area contributed by atoms with Crippen LogP contribution in [0.2, 0.25) is 5.02 Å². The molecule has 0 aliphatic carbocycles. The van der Waals surface area contributed by atoms with Gasteiger partial charge < -0.3 is 19.7 Å². The Morgan fingerprint density at radius 1 is 1.12 bits per heavy atom. The lowest BCUT2D eigenvalue weighted by atomic mass is 10.2. The summed E-state index contributed by atoms with van der Waals surface area (Å²) in [5.74, 6) is 0.976. The smallest absolute Gasteiger partial charge is 0.253 e. The van der Waals surface area contributed by atoms with Crippen molar-refractivity contribution in [3.8, 4) is 11.5 Å². The molecule has 2 aromatic carbocycles. The SMILES string of the molecule is O=C(N[C@@H]1CC(=O)N(c2ccc3c(c2)OCCO3)C1)c1ccccc1Cl. The highest BCUT2D eigenvalue weighted by Gasteiger charge is 2.32. The zero-order chi connectivity index (χ0) is 18.1.